The van der Waals surface area contributed by atoms with Crippen LogP contribution in [-0.2, 0) is 111 Å². The normalized spacial score (nSPS) is 28.3. The lowest BCUT2D eigenvalue weighted by atomic mass is 9.69. The molecule has 5 aliphatic heterocycles. The average molecular weight is 1980 g/mol. The number of nitrogens with one attached hydrogen (secondary N) is 10. The van der Waals surface area contributed by atoms with E-state index in [9.17, 15) is 138 Å². The zero-order chi connectivity index (χ0) is 101. The number of carbonyl (C=O) groups is 12. The van der Waals surface area contributed by atoms with Gasteiger partial charge in [-0.2, -0.15) is 0 Å². The number of carbonyl (C=O) groups excluding carboxylic acids is 12. The van der Waals surface area contributed by atoms with Crippen molar-refractivity contribution in [2.24, 2.45) is 22.7 Å². The molecule has 24 atom stereocenters. The molecule has 5 saturated heterocycles. The maximum Gasteiger partial charge on any atom is 0.265 e. The highest BCUT2D eigenvalue weighted by molar-refractivity contribution is 7.44. The van der Waals surface area contributed by atoms with Crippen molar-refractivity contribution < 1.29 is 200 Å². The molecule has 0 spiro atoms. The van der Waals surface area contributed by atoms with Gasteiger partial charge in [0.25, 0.3) is 31.5 Å². The molecule has 5 fully saturated rings. The van der Waals surface area contributed by atoms with Crippen LogP contribution in [0.2, 0.25) is 0 Å². The summed E-state index contributed by atoms with van der Waals surface area (Å²) in [5.41, 5.74) is -3.21. The summed E-state index contributed by atoms with van der Waals surface area (Å²) in [7, 11) is -5.27. The van der Waals surface area contributed by atoms with E-state index in [0.717, 1.165) is 6.92 Å². The molecule has 0 saturated carbocycles. The van der Waals surface area contributed by atoms with E-state index in [2.05, 4.69) is 57.7 Å². The molecule has 0 bridgehead atoms. The number of ketones is 1. The zero-order valence-corrected chi connectivity index (χ0v) is 77.6. The Morgan fingerprint density at radius 2 is 0.839 bits per heavy atom. The summed E-state index contributed by atoms with van der Waals surface area (Å²) in [4.78, 5) is 185. The number of amides is 11. The Morgan fingerprint density at radius 3 is 1.23 bits per heavy atom. The third-order valence-electron chi connectivity index (χ3n) is 23.3. The summed E-state index contributed by atoms with van der Waals surface area (Å²) < 4.78 is 83.6. The standard InChI is InChI=1S/C84H132N11O41P/c1-44-66(108)68(110)56(36-96)133-79(44)128-23-19-124-15-11-85-74(116)49-27-48(28-50(30-49)75(117)86-12-16-126-21-25-130-81-64(91-46(3)101)72(114)70(112)58(38-98)135-81)29-54(103)34-89-60(104)8-7-55(94-61(105)9-10-63(107)95-40-83(5,42-100)84(6,41-95)43-132-137(121,122)123)78(120)90-35-62(106)93-53-32-51(76(118)87-13-17-125-20-24-129-80-45(2)67(109)69(111)57(37-97)134-80)31-52(33-53)77(119)88-14-18-127-22-26-131-82-65(92-47(4)102)73(115)71(113)59(39-99)136-82/h27-28,30-33,44-45,55-59,64-73,79-82,96-100,108-115H,7-26,29,34-43H2,1-6H3,(H,85,116)(H,86,117)(H,87,118)(H,88,119)(H,89,104)(H,90,120)(H,91,101)(H,92,102)(H,93,106)(H,94,105)(H2,121,122,123)/p-1/t44-,45-,55+,56-,57-,58-,59-,64-,65-,66-,67-,68+,69+,70+,71+,72-,73-,79?,80?,81?,82?,83+,84-/m1/s1. The molecular formula is C84H131N11O41P-. The van der Waals surface area contributed by atoms with Gasteiger partial charge >= 0.3 is 0 Å². The first-order valence-electron chi connectivity index (χ1n) is 44.4. The van der Waals surface area contributed by atoms with Gasteiger partial charge in [-0.1, -0.05) is 27.7 Å². The Labute approximate surface area is 787 Å². The summed E-state index contributed by atoms with van der Waals surface area (Å²) in [6.07, 6.45) is -23.8. The van der Waals surface area contributed by atoms with E-state index in [-0.39, 0.29) is 152 Å². The number of benzene rings is 2. The van der Waals surface area contributed by atoms with Crippen LogP contribution in [0.25, 0.3) is 0 Å². The molecule has 24 N–H and O–H groups in total. The van der Waals surface area contributed by atoms with E-state index in [0.29, 0.717) is 0 Å². The van der Waals surface area contributed by atoms with Crippen molar-refractivity contribution in [1.82, 2.24) is 52.8 Å². The highest BCUT2D eigenvalue weighted by Gasteiger charge is 2.54. The zero-order valence-electron chi connectivity index (χ0n) is 76.7. The van der Waals surface area contributed by atoms with Gasteiger partial charge in [0, 0.05) is 129 Å². The van der Waals surface area contributed by atoms with Crippen LogP contribution in [0, 0.1) is 22.7 Å². The highest BCUT2D eigenvalue weighted by atomic mass is 31.2. The van der Waals surface area contributed by atoms with Gasteiger partial charge in [-0.25, -0.2) is 0 Å². The predicted molar refractivity (Wildman–Crippen MR) is 463 cm³/mol. The minimum Gasteiger partial charge on any atom is -0.756 e. The van der Waals surface area contributed by atoms with Gasteiger partial charge in [0.05, 0.1) is 144 Å². The van der Waals surface area contributed by atoms with Crippen molar-refractivity contribution >= 4 is 84.3 Å². The third-order valence-corrected chi connectivity index (χ3v) is 23.7. The number of Topliss-reactive ketones (excluding diaryl/α,β-unsaturated/α-hetero) is 1. The fourth-order valence-electron chi connectivity index (χ4n) is 15.1. The Bertz CT molecular complexity index is 4320. The van der Waals surface area contributed by atoms with Crippen LogP contribution in [0.5, 0.6) is 0 Å². The van der Waals surface area contributed by atoms with E-state index in [1.54, 1.807) is 20.8 Å². The van der Waals surface area contributed by atoms with Crippen LogP contribution in [0.3, 0.4) is 0 Å². The maximum atomic E-state index is 14.3. The Balaban J connectivity index is 1.01. The number of hydrogen-bond acceptors (Lipinski definition) is 40. The quantitative estimate of drug-likeness (QED) is 0.0216. The third kappa shape index (κ3) is 35.8. The van der Waals surface area contributed by atoms with Crippen molar-refractivity contribution in [2.75, 3.05) is 177 Å². The largest absolute Gasteiger partial charge is 0.756 e. The number of aliphatic hydroxyl groups excluding tert-OH is 13. The smallest absolute Gasteiger partial charge is 0.265 e. The Hall–Kier alpha value is -8.61. The van der Waals surface area contributed by atoms with E-state index in [4.69, 9.17) is 56.8 Å². The molecule has 774 valence electrons. The predicted octanol–water partition coefficient (Wildman–Crippen LogP) is -10.9. The lowest BCUT2D eigenvalue weighted by molar-refractivity contribution is -0.284. The summed E-state index contributed by atoms with van der Waals surface area (Å²) in [6.45, 7) is 0.747. The van der Waals surface area contributed by atoms with E-state index in [1.165, 1.54) is 55.1 Å². The van der Waals surface area contributed by atoms with Gasteiger partial charge in [0.2, 0.25) is 41.4 Å². The topological polar surface area (TPSA) is 772 Å². The summed E-state index contributed by atoms with van der Waals surface area (Å²) in [6, 6.07) is 3.17. The number of likely N-dealkylation sites (tertiary alicyclic amines) is 1. The molecule has 52 nitrogen and oxygen atoms in total. The lowest BCUT2D eigenvalue weighted by Gasteiger charge is -2.42. The van der Waals surface area contributed by atoms with Crippen molar-refractivity contribution in [3.63, 3.8) is 0 Å². The molecule has 2 aromatic carbocycles. The van der Waals surface area contributed by atoms with Crippen LogP contribution in [0.15, 0.2) is 36.4 Å². The summed E-state index contributed by atoms with van der Waals surface area (Å²) >= 11 is 0. The lowest BCUT2D eigenvalue weighted by Crippen LogP contribution is -2.64. The maximum absolute atomic E-state index is 14.3. The number of hydrogen-bond donors (Lipinski definition) is 24. The van der Waals surface area contributed by atoms with Gasteiger partial charge in [-0.05, 0) is 48.4 Å². The SMILES string of the molecule is CC(=O)N[C@H]1C(OCCOCCNC(=O)c2cc(CC(=O)CNC(=O)CC[C@H](NC(=O)CCC(=O)N3C[C@](C)(COP(=O)([O-])O)[C@](C)(CO)C3)C(=O)NCC(=O)Nc3cc(C(=O)NCCOCCOC4O[C@H](CO)[C@H](O)[C@H](O)[C@H]4C)cc(C(=O)NCCOCCOC4O[C@H](CO)[C@H](O)[C@H](O)[C@H]4NC(C)=O)c3)cc(C(=O)NCCOCCOC3O[C@H](CO)[C@H](O)[C@H](O)[C@H]3C)c2)O[C@H](CO)[C@H](O)[C@@H]1O. The van der Waals surface area contributed by atoms with E-state index >= 15 is 0 Å². The van der Waals surface area contributed by atoms with Gasteiger partial charge in [-0.15, -0.1) is 0 Å². The number of phosphoric ester groups is 1. The van der Waals surface area contributed by atoms with Crippen LogP contribution in [0.4, 0.5) is 5.69 Å². The fourth-order valence-corrected chi connectivity index (χ4v) is 15.6. The van der Waals surface area contributed by atoms with Crippen LogP contribution >= 0.6 is 7.82 Å². The molecule has 53 heteroatoms. The molecule has 5 heterocycles. The van der Waals surface area contributed by atoms with Crippen molar-refractivity contribution in [3.8, 4) is 0 Å². The van der Waals surface area contributed by atoms with E-state index in [1.807, 2.05) is 0 Å². The second kappa shape index (κ2) is 56.7. The molecule has 2 aromatic rings. The van der Waals surface area contributed by atoms with Crippen LogP contribution in [0.1, 0.15) is 114 Å². The molecule has 11 amide bonds. The number of anilines is 1. The number of phosphoric acid groups is 1. The molecule has 0 aliphatic carbocycles. The molecule has 5 aliphatic rings. The Kier molecular flexibility index (Phi) is 47.8. The van der Waals surface area contributed by atoms with Gasteiger partial charge in [0.1, 0.15) is 79.2 Å². The first kappa shape index (κ1) is 115. The monoisotopic (exact) mass is 1980 g/mol. The van der Waals surface area contributed by atoms with Crippen molar-refractivity contribution in [1.29, 1.82) is 0 Å². The first-order chi connectivity index (χ1) is 65.0. The van der Waals surface area contributed by atoms with Gasteiger partial charge in [-0.3, -0.25) is 62.1 Å². The molecule has 0 radical (unpaired) electrons. The van der Waals surface area contributed by atoms with Crippen molar-refractivity contribution in [3.05, 3.63) is 64.2 Å². The molecule has 0 aromatic heterocycles. The molecule has 7 rings (SSSR count). The summed E-state index contributed by atoms with van der Waals surface area (Å²) in [5.74, 6) is -11.0. The number of ether oxygens (including phenoxy) is 12. The number of aliphatic hydroxyl groups is 13. The minimum absolute atomic E-state index is 0.0386. The average Bonchev–Trinajstić information content (AvgIpc) is 1.60. The van der Waals surface area contributed by atoms with E-state index < -0.39 is 303 Å². The van der Waals surface area contributed by atoms with Gasteiger partial charge < -0.3 is 196 Å². The first-order valence-corrected chi connectivity index (χ1v) is 45.9. The van der Waals surface area contributed by atoms with Crippen LogP contribution < -0.4 is 58.1 Å². The summed E-state index contributed by atoms with van der Waals surface area (Å²) in [5, 5.41) is 157. The molecule has 137 heavy (non-hydrogen) atoms. The highest BCUT2D eigenvalue weighted by Crippen LogP contribution is 2.49. The number of nitrogens with zero attached hydrogens (tertiary/aromatic N) is 1. The number of rotatable bonds is 57. The molecular weight excluding hydrogens is 1850 g/mol. The van der Waals surface area contributed by atoms with Gasteiger partial charge in [0.15, 0.2) is 30.9 Å². The van der Waals surface area contributed by atoms with Crippen molar-refractivity contribution in [2.45, 2.75) is 190 Å². The van der Waals surface area contributed by atoms with Crippen LogP contribution in [-0.4, -0.2) is 435 Å². The Morgan fingerprint density at radius 1 is 0.460 bits per heavy atom. The fraction of sp³-hybridized carbons (Fsp3) is 0.714. The second-order valence-electron chi connectivity index (χ2n) is 33.9. The minimum atomic E-state index is -5.27. The molecule has 5 unspecified atom stereocenters. The second-order valence-corrected chi connectivity index (χ2v) is 35.1.